The molecule has 0 aliphatic carbocycles. The number of rotatable bonds is 5. The Morgan fingerprint density at radius 2 is 1.97 bits per heavy atom. The Morgan fingerprint density at radius 1 is 1.29 bits per heavy atom. The molecule has 1 aromatic carbocycles. The van der Waals surface area contributed by atoms with E-state index in [2.05, 4.69) is 54.2 Å². The summed E-state index contributed by atoms with van der Waals surface area (Å²) in [5.41, 5.74) is 0.354. The van der Waals surface area contributed by atoms with Gasteiger partial charge in [0.2, 0.25) is 5.96 Å². The Kier molecular flexibility index (Phi) is 6.77. The van der Waals surface area contributed by atoms with E-state index in [1.807, 2.05) is 0 Å². The maximum absolute atomic E-state index is 12.7. The molecule has 0 spiro atoms. The molecule has 0 radical (unpaired) electrons. The van der Waals surface area contributed by atoms with Gasteiger partial charge in [-0.05, 0) is 30.3 Å². The number of aliphatic hydroxyl groups excluding tert-OH is 2. The molecule has 1 unspecified atom stereocenters. The predicted octanol–water partition coefficient (Wildman–Crippen LogP) is 0.892. The van der Waals surface area contributed by atoms with Gasteiger partial charge in [0, 0.05) is 5.56 Å². The molecule has 5 atom stereocenters. The molecule has 3 aliphatic rings. The van der Waals surface area contributed by atoms with Gasteiger partial charge in [0.05, 0.1) is 12.9 Å². The minimum atomic E-state index is -2.36. The van der Waals surface area contributed by atoms with Crippen LogP contribution in [-0.4, -0.2) is 90.6 Å². The summed E-state index contributed by atoms with van der Waals surface area (Å²) < 4.78 is 12.5. The van der Waals surface area contributed by atoms with Gasteiger partial charge in [0.25, 0.3) is 11.8 Å². The van der Waals surface area contributed by atoms with Crippen molar-refractivity contribution in [2.24, 2.45) is 15.0 Å². The van der Waals surface area contributed by atoms with E-state index in [1.54, 1.807) is 30.3 Å². The fourth-order valence-corrected chi connectivity index (χ4v) is 5.04. The van der Waals surface area contributed by atoms with Crippen LogP contribution in [0.15, 0.2) is 45.3 Å². The first kappa shape index (κ1) is 25.3. The van der Waals surface area contributed by atoms with Gasteiger partial charge < -0.3 is 19.4 Å². The number of carbonyl (C=O) groups excluding carboxylic acids is 2. The first-order valence-electron chi connectivity index (χ1n) is 11.4. The van der Waals surface area contributed by atoms with E-state index in [-0.39, 0.29) is 16.8 Å². The highest BCUT2D eigenvalue weighted by Crippen LogP contribution is 2.40. The molecule has 0 saturated carbocycles. The Bertz CT molecular complexity index is 1080. The lowest BCUT2D eigenvalue weighted by molar-refractivity contribution is -0.119. The SMILES string of the molecule is CC(C)(C)[Si](C)(C)O[C@@H]1[C@H](O)[C@@H](CO)O[C@H]1N1C=NC2C(=O)NC(=NC(=O)c3ccccc3)N=C21. The molecule has 1 saturated heterocycles. The third-order valence-corrected chi connectivity index (χ3v) is 11.3. The van der Waals surface area contributed by atoms with Crippen LogP contribution in [0.4, 0.5) is 0 Å². The van der Waals surface area contributed by atoms with Crippen molar-refractivity contribution in [3.8, 4) is 0 Å². The van der Waals surface area contributed by atoms with Crippen molar-refractivity contribution in [1.29, 1.82) is 0 Å². The summed E-state index contributed by atoms with van der Waals surface area (Å²) in [7, 11) is -2.36. The van der Waals surface area contributed by atoms with Crippen molar-refractivity contribution in [2.75, 3.05) is 6.61 Å². The second kappa shape index (κ2) is 9.35. The fraction of sp³-hybridized carbons (Fsp3) is 0.522. The van der Waals surface area contributed by atoms with E-state index in [0.29, 0.717) is 5.56 Å². The number of benzene rings is 1. The molecular formula is C23H31N5O6Si. The van der Waals surface area contributed by atoms with Crippen molar-refractivity contribution in [3.05, 3.63) is 35.9 Å². The highest BCUT2D eigenvalue weighted by molar-refractivity contribution is 6.74. The molecule has 1 fully saturated rings. The molecular weight excluding hydrogens is 470 g/mol. The number of carbonyl (C=O) groups is 2. The zero-order chi connectivity index (χ0) is 25.5. The smallest absolute Gasteiger partial charge is 0.280 e. The largest absolute Gasteiger partial charge is 0.407 e. The summed E-state index contributed by atoms with van der Waals surface area (Å²) in [6, 6.07) is 7.48. The lowest BCUT2D eigenvalue weighted by Crippen LogP contribution is -2.56. The van der Waals surface area contributed by atoms with Gasteiger partial charge in [-0.2, -0.15) is 9.98 Å². The lowest BCUT2D eigenvalue weighted by Gasteiger charge is -2.41. The van der Waals surface area contributed by atoms with E-state index in [4.69, 9.17) is 9.16 Å². The highest BCUT2D eigenvalue weighted by Gasteiger charge is 2.53. The van der Waals surface area contributed by atoms with E-state index in [0.717, 1.165) is 0 Å². The van der Waals surface area contributed by atoms with Crippen LogP contribution < -0.4 is 5.32 Å². The molecule has 1 aromatic rings. The first-order chi connectivity index (χ1) is 16.4. The van der Waals surface area contributed by atoms with Crippen molar-refractivity contribution in [1.82, 2.24) is 10.2 Å². The molecule has 0 bridgehead atoms. The number of guanidine groups is 1. The van der Waals surface area contributed by atoms with Gasteiger partial charge in [-0.3, -0.25) is 24.8 Å². The average molecular weight is 502 g/mol. The number of amides is 2. The van der Waals surface area contributed by atoms with Crippen LogP contribution in [0.5, 0.6) is 0 Å². The quantitative estimate of drug-likeness (QED) is 0.508. The van der Waals surface area contributed by atoms with Crippen LogP contribution in [0.2, 0.25) is 18.1 Å². The summed E-state index contributed by atoms with van der Waals surface area (Å²) in [6.07, 6.45) is -2.28. The summed E-state index contributed by atoms with van der Waals surface area (Å²) >= 11 is 0. The molecule has 3 aliphatic heterocycles. The van der Waals surface area contributed by atoms with Gasteiger partial charge in [-0.1, -0.05) is 39.0 Å². The zero-order valence-electron chi connectivity index (χ0n) is 20.4. The Hall–Kier alpha value is -2.77. The number of aliphatic hydroxyl groups is 2. The van der Waals surface area contributed by atoms with Crippen LogP contribution in [0, 0.1) is 0 Å². The van der Waals surface area contributed by atoms with E-state index < -0.39 is 57.3 Å². The van der Waals surface area contributed by atoms with E-state index in [9.17, 15) is 19.8 Å². The number of ether oxygens (including phenoxy) is 1. The molecule has 35 heavy (non-hydrogen) atoms. The number of amidine groups is 1. The first-order valence-corrected chi connectivity index (χ1v) is 14.3. The number of hydrogen-bond donors (Lipinski definition) is 3. The molecule has 3 N–H and O–H groups in total. The normalized spacial score (nSPS) is 29.9. The summed E-state index contributed by atoms with van der Waals surface area (Å²) in [5, 5.41) is 23.0. The van der Waals surface area contributed by atoms with Gasteiger partial charge in [-0.25, -0.2) is 0 Å². The van der Waals surface area contributed by atoms with Gasteiger partial charge in [-0.15, -0.1) is 0 Å². The van der Waals surface area contributed by atoms with Crippen molar-refractivity contribution in [3.63, 3.8) is 0 Å². The molecule has 12 heteroatoms. The summed E-state index contributed by atoms with van der Waals surface area (Å²) in [5.74, 6) is -1.01. The van der Waals surface area contributed by atoms with Gasteiger partial charge >= 0.3 is 0 Å². The van der Waals surface area contributed by atoms with Crippen LogP contribution in [0.25, 0.3) is 0 Å². The van der Waals surface area contributed by atoms with Crippen LogP contribution >= 0.6 is 0 Å². The standard InChI is InChI=1S/C23H31N5O6Si/c1-23(2,3)35(4,5)34-17-16(30)14(11-29)33-21(17)28-12-24-15-18(28)25-22(27-20(15)32)26-19(31)13-9-7-6-8-10-13/h6-10,12,14-17,21,29-30H,11H2,1-5H3,(H,26,27,31,32)/t14-,15?,16-,17-,21-/m1/s1. The lowest BCUT2D eigenvalue weighted by atomic mass is 10.1. The molecule has 2 amide bonds. The molecule has 4 rings (SSSR count). The van der Waals surface area contributed by atoms with Gasteiger partial charge in [0.1, 0.15) is 18.3 Å². The molecule has 0 aromatic heterocycles. The summed E-state index contributed by atoms with van der Waals surface area (Å²) in [4.78, 5) is 39.3. The monoisotopic (exact) mass is 501 g/mol. The topological polar surface area (TPSA) is 145 Å². The number of nitrogens with one attached hydrogen (secondary N) is 1. The molecule has 11 nitrogen and oxygen atoms in total. The minimum absolute atomic E-state index is 0.143. The third kappa shape index (κ3) is 4.84. The maximum atomic E-state index is 12.7. The minimum Gasteiger partial charge on any atom is -0.407 e. The van der Waals surface area contributed by atoms with E-state index >= 15 is 0 Å². The van der Waals surface area contributed by atoms with E-state index in [1.165, 1.54) is 11.2 Å². The number of aliphatic imine (C=N–C) groups is 3. The average Bonchev–Trinajstić information content (AvgIpc) is 3.35. The predicted molar refractivity (Wildman–Crippen MR) is 132 cm³/mol. The Labute approximate surface area is 204 Å². The number of fused-ring (bicyclic) bond motifs is 1. The molecule has 188 valence electrons. The summed E-state index contributed by atoms with van der Waals surface area (Å²) in [6.45, 7) is 9.93. The Balaban J connectivity index is 1.65. The Morgan fingerprint density at radius 3 is 2.60 bits per heavy atom. The van der Waals surface area contributed by atoms with Crippen LogP contribution in [-0.2, 0) is 14.0 Å². The molecule has 3 heterocycles. The second-order valence-corrected chi connectivity index (χ2v) is 15.0. The number of nitrogens with zero attached hydrogens (tertiary/aromatic N) is 4. The van der Waals surface area contributed by atoms with Crippen LogP contribution in [0.3, 0.4) is 0 Å². The number of hydrogen-bond acceptors (Lipinski definition) is 8. The fourth-order valence-electron chi connectivity index (χ4n) is 3.75. The second-order valence-electron chi connectivity index (χ2n) is 10.2. The van der Waals surface area contributed by atoms with Crippen molar-refractivity contribution < 1.29 is 29.0 Å². The highest BCUT2D eigenvalue weighted by atomic mass is 28.4. The third-order valence-electron chi connectivity index (χ3n) is 6.79. The van der Waals surface area contributed by atoms with Crippen molar-refractivity contribution >= 4 is 38.3 Å². The maximum Gasteiger partial charge on any atom is 0.280 e. The zero-order valence-corrected chi connectivity index (χ0v) is 21.4. The van der Waals surface area contributed by atoms with Crippen molar-refractivity contribution in [2.45, 2.75) is 69.5 Å². The van der Waals surface area contributed by atoms with Gasteiger partial charge in [0.15, 0.2) is 26.4 Å². The van der Waals surface area contributed by atoms with Crippen LogP contribution in [0.1, 0.15) is 31.1 Å².